The van der Waals surface area contributed by atoms with E-state index in [9.17, 15) is 18.1 Å². The van der Waals surface area contributed by atoms with E-state index in [0.717, 1.165) is 7.05 Å². The SMILES string of the molecule is CN(CC(O)COC(CCl)CCl)S(=O)(=O)[O-]. The van der Waals surface area contributed by atoms with Gasteiger partial charge in [-0.15, -0.1) is 23.2 Å². The van der Waals surface area contributed by atoms with Gasteiger partial charge >= 0.3 is 0 Å². The van der Waals surface area contributed by atoms with Crippen molar-refractivity contribution < 1.29 is 22.8 Å². The van der Waals surface area contributed by atoms with Gasteiger partial charge in [0.15, 0.2) is 10.3 Å². The summed E-state index contributed by atoms with van der Waals surface area (Å²) in [6, 6.07) is 0. The molecule has 0 aromatic heterocycles. The standard InChI is InChI=1S/C7H15Cl2NO5S/c1-10(16(12,13)14)4-6(11)5-15-7(2-8)3-9/h6-7,11H,2-5H2,1H3,(H,12,13,14)/p-1. The Morgan fingerprint density at radius 2 is 1.94 bits per heavy atom. The number of hydrogen-bond acceptors (Lipinski definition) is 5. The summed E-state index contributed by atoms with van der Waals surface area (Å²) in [4.78, 5) is 0. The van der Waals surface area contributed by atoms with Gasteiger partial charge in [0.2, 0.25) is 0 Å². The highest BCUT2D eigenvalue weighted by atomic mass is 35.5. The molecule has 0 aromatic rings. The number of halogens is 2. The van der Waals surface area contributed by atoms with Gasteiger partial charge in [-0.1, -0.05) is 0 Å². The first-order valence-corrected chi connectivity index (χ1v) is 6.83. The molecule has 0 bridgehead atoms. The summed E-state index contributed by atoms with van der Waals surface area (Å²) in [6.07, 6.45) is -1.50. The van der Waals surface area contributed by atoms with E-state index >= 15 is 0 Å². The van der Waals surface area contributed by atoms with E-state index in [1.54, 1.807) is 0 Å². The largest absolute Gasteiger partial charge is 0.735 e. The molecule has 0 aromatic carbocycles. The molecule has 9 heteroatoms. The molecule has 0 amide bonds. The first-order valence-electron chi connectivity index (χ1n) is 4.40. The van der Waals surface area contributed by atoms with Crippen LogP contribution in [-0.4, -0.2) is 66.5 Å². The van der Waals surface area contributed by atoms with E-state index in [1.165, 1.54) is 0 Å². The molecule has 1 unspecified atom stereocenters. The van der Waals surface area contributed by atoms with Crippen LogP contribution in [0.4, 0.5) is 0 Å². The molecule has 0 saturated heterocycles. The summed E-state index contributed by atoms with van der Waals surface area (Å²) >= 11 is 11.0. The molecule has 1 atom stereocenters. The molecule has 98 valence electrons. The molecule has 0 saturated carbocycles. The highest BCUT2D eigenvalue weighted by Crippen LogP contribution is 2.02. The lowest BCUT2D eigenvalue weighted by molar-refractivity contribution is 0.00302. The lowest BCUT2D eigenvalue weighted by Gasteiger charge is -2.23. The van der Waals surface area contributed by atoms with Crippen LogP contribution in [0.3, 0.4) is 0 Å². The molecule has 0 heterocycles. The van der Waals surface area contributed by atoms with E-state index in [-0.39, 0.29) is 24.9 Å². The third-order valence-electron chi connectivity index (χ3n) is 1.72. The first kappa shape index (κ1) is 16.4. The Labute approximate surface area is 105 Å². The highest BCUT2D eigenvalue weighted by molar-refractivity contribution is 7.83. The maximum absolute atomic E-state index is 10.5. The second kappa shape index (κ2) is 7.65. The molecule has 0 fully saturated rings. The van der Waals surface area contributed by atoms with Crippen LogP contribution in [-0.2, 0) is 15.0 Å². The fourth-order valence-electron chi connectivity index (χ4n) is 0.818. The summed E-state index contributed by atoms with van der Waals surface area (Å²) in [5.41, 5.74) is 0. The number of ether oxygens (including phenoxy) is 1. The minimum Gasteiger partial charge on any atom is -0.735 e. The lowest BCUT2D eigenvalue weighted by atomic mass is 10.3. The van der Waals surface area contributed by atoms with Crippen molar-refractivity contribution in [3.05, 3.63) is 0 Å². The topological polar surface area (TPSA) is 89.9 Å². The maximum Gasteiger partial charge on any atom is 0.161 e. The Bertz CT molecular complexity index is 283. The highest BCUT2D eigenvalue weighted by Gasteiger charge is 2.14. The summed E-state index contributed by atoms with van der Waals surface area (Å²) in [7, 11) is -3.46. The van der Waals surface area contributed by atoms with Crippen LogP contribution < -0.4 is 0 Å². The Morgan fingerprint density at radius 3 is 2.31 bits per heavy atom. The molecule has 0 radical (unpaired) electrons. The van der Waals surface area contributed by atoms with Gasteiger partial charge in [0.1, 0.15) is 0 Å². The van der Waals surface area contributed by atoms with Crippen molar-refractivity contribution in [3.8, 4) is 0 Å². The predicted octanol–water partition coefficient (Wildman–Crippen LogP) is -0.398. The average Bonchev–Trinajstić information content (AvgIpc) is 2.17. The van der Waals surface area contributed by atoms with E-state index in [0.29, 0.717) is 4.31 Å². The molecule has 1 N–H and O–H groups in total. The monoisotopic (exact) mass is 294 g/mol. The van der Waals surface area contributed by atoms with Gasteiger partial charge in [0.05, 0.1) is 18.8 Å². The van der Waals surface area contributed by atoms with Crippen molar-refractivity contribution in [2.45, 2.75) is 12.2 Å². The number of alkyl halides is 2. The second-order valence-electron chi connectivity index (χ2n) is 3.16. The summed E-state index contributed by atoms with van der Waals surface area (Å²) in [6.45, 7) is -0.465. The second-order valence-corrected chi connectivity index (χ2v) is 5.25. The van der Waals surface area contributed by atoms with Crippen molar-refractivity contribution in [3.63, 3.8) is 0 Å². The first-order chi connectivity index (χ1) is 7.31. The van der Waals surface area contributed by atoms with Crippen molar-refractivity contribution in [1.82, 2.24) is 4.31 Å². The number of nitrogens with zero attached hydrogens (tertiary/aromatic N) is 1. The van der Waals surface area contributed by atoms with Crippen LogP contribution in [0.2, 0.25) is 0 Å². The normalized spacial score (nSPS) is 14.7. The number of hydrogen-bond donors (Lipinski definition) is 1. The van der Waals surface area contributed by atoms with Gasteiger partial charge in [0.25, 0.3) is 0 Å². The summed E-state index contributed by atoms with van der Waals surface area (Å²) in [5.74, 6) is 0.345. The van der Waals surface area contributed by atoms with Crippen molar-refractivity contribution in [1.29, 1.82) is 0 Å². The van der Waals surface area contributed by atoms with Gasteiger partial charge in [-0.05, 0) is 0 Å². The molecule has 0 aliphatic heterocycles. The smallest absolute Gasteiger partial charge is 0.161 e. The Balaban J connectivity index is 3.95. The fraction of sp³-hybridized carbons (Fsp3) is 1.00. The maximum atomic E-state index is 10.5. The van der Waals surface area contributed by atoms with Gasteiger partial charge in [-0.2, -0.15) is 0 Å². The predicted molar refractivity (Wildman–Crippen MR) is 59.5 cm³/mol. The van der Waals surface area contributed by atoms with Crippen molar-refractivity contribution in [2.24, 2.45) is 0 Å². The molecule has 0 spiro atoms. The minimum atomic E-state index is -4.53. The van der Waals surface area contributed by atoms with E-state index in [2.05, 4.69) is 0 Å². The van der Waals surface area contributed by atoms with Gasteiger partial charge < -0.3 is 14.4 Å². The van der Waals surface area contributed by atoms with E-state index in [4.69, 9.17) is 27.9 Å². The third-order valence-corrected chi connectivity index (χ3v) is 3.32. The molecule has 0 aliphatic rings. The van der Waals surface area contributed by atoms with Crippen LogP contribution in [0.15, 0.2) is 0 Å². The number of likely N-dealkylation sites (N-methyl/N-ethyl adjacent to an activating group) is 1. The van der Waals surface area contributed by atoms with Gasteiger partial charge in [-0.25, -0.2) is 12.7 Å². The Hall–Kier alpha value is 0.370. The molecule has 6 nitrogen and oxygen atoms in total. The van der Waals surface area contributed by atoms with Gasteiger partial charge in [-0.3, -0.25) is 0 Å². The zero-order chi connectivity index (χ0) is 12.8. The average molecular weight is 295 g/mol. The van der Waals surface area contributed by atoms with Crippen LogP contribution in [0.1, 0.15) is 0 Å². The fourth-order valence-corrected chi connectivity index (χ4v) is 1.68. The van der Waals surface area contributed by atoms with E-state index in [1.807, 2.05) is 0 Å². The third kappa shape index (κ3) is 6.85. The lowest BCUT2D eigenvalue weighted by Crippen LogP contribution is -2.37. The van der Waals surface area contributed by atoms with Crippen LogP contribution in [0.25, 0.3) is 0 Å². The molecule has 16 heavy (non-hydrogen) atoms. The quantitative estimate of drug-likeness (QED) is 0.486. The van der Waals surface area contributed by atoms with Crippen LogP contribution in [0, 0.1) is 0 Å². The zero-order valence-corrected chi connectivity index (χ0v) is 11.0. The number of aliphatic hydroxyl groups is 1. The summed E-state index contributed by atoms with van der Waals surface area (Å²) < 4.78 is 37.1. The minimum absolute atomic E-state index is 0.135. The van der Waals surface area contributed by atoms with Crippen molar-refractivity contribution in [2.75, 3.05) is 32.0 Å². The molecule has 0 aliphatic carbocycles. The number of rotatable bonds is 8. The Morgan fingerprint density at radius 1 is 1.44 bits per heavy atom. The molecular weight excluding hydrogens is 281 g/mol. The zero-order valence-electron chi connectivity index (χ0n) is 8.67. The molecular formula is C7H14Cl2NO5S-. The number of aliphatic hydroxyl groups excluding tert-OH is 1. The van der Waals surface area contributed by atoms with E-state index < -0.39 is 22.5 Å². The van der Waals surface area contributed by atoms with Crippen molar-refractivity contribution >= 4 is 33.5 Å². The van der Waals surface area contributed by atoms with Gasteiger partial charge in [0, 0.05) is 25.4 Å². The molecule has 0 rings (SSSR count). The summed E-state index contributed by atoms with van der Waals surface area (Å²) in [5, 5.41) is 9.37. The van der Waals surface area contributed by atoms with Crippen LogP contribution in [0.5, 0.6) is 0 Å². The van der Waals surface area contributed by atoms with Crippen LogP contribution >= 0.6 is 23.2 Å². The Kier molecular flexibility index (Phi) is 7.83.